The second-order valence-electron chi connectivity index (χ2n) is 15.1. The molecule has 0 aromatic carbocycles. The van der Waals surface area contributed by atoms with Crippen molar-refractivity contribution in [3.63, 3.8) is 0 Å². The smallest absolute Gasteiger partial charge is 0.220 e. The molecule has 0 aliphatic rings. The number of carbonyl (C=O) groups is 1. The summed E-state index contributed by atoms with van der Waals surface area (Å²) in [4.78, 5) is 11.9. The lowest BCUT2D eigenvalue weighted by Gasteiger charge is -2.18. The van der Waals surface area contributed by atoms with Crippen LogP contribution in [0, 0.1) is 0 Å². The minimum Gasteiger partial charge on any atom is -0.379 e. The number of nitrogens with one attached hydrogen (secondary N) is 1. The van der Waals surface area contributed by atoms with Crippen molar-refractivity contribution in [1.82, 2.24) is 5.32 Å². The van der Waals surface area contributed by atoms with Crippen LogP contribution in [0.1, 0.15) is 226 Å². The third-order valence-electron chi connectivity index (χ3n) is 10.0. The van der Waals surface area contributed by atoms with Crippen LogP contribution in [0.2, 0.25) is 0 Å². The molecule has 6 heteroatoms. The zero-order valence-electron chi connectivity index (χ0n) is 34.1. The van der Waals surface area contributed by atoms with Gasteiger partial charge in [-0.05, 0) is 12.8 Å². The van der Waals surface area contributed by atoms with E-state index in [2.05, 4.69) is 19.2 Å². The van der Waals surface area contributed by atoms with E-state index in [4.69, 9.17) is 15.2 Å². The van der Waals surface area contributed by atoms with Gasteiger partial charge in [-0.25, -0.2) is 0 Å². The Balaban J connectivity index is 3.83. The van der Waals surface area contributed by atoms with Gasteiger partial charge in [0.2, 0.25) is 5.91 Å². The van der Waals surface area contributed by atoms with Crippen LogP contribution < -0.4 is 11.1 Å². The van der Waals surface area contributed by atoms with E-state index in [0.29, 0.717) is 26.1 Å². The highest BCUT2D eigenvalue weighted by molar-refractivity contribution is 7.99. The molecule has 1 atom stereocenters. The summed E-state index contributed by atoms with van der Waals surface area (Å²) in [6.45, 7) is 7.97. The normalized spacial score (nSPS) is 12.1. The topological polar surface area (TPSA) is 73.6 Å². The second-order valence-corrected chi connectivity index (χ2v) is 16.3. The average Bonchev–Trinajstić information content (AvgIpc) is 3.12. The summed E-state index contributed by atoms with van der Waals surface area (Å²) in [5.74, 6) is 1.80. The van der Waals surface area contributed by atoms with Gasteiger partial charge in [-0.2, -0.15) is 11.8 Å². The lowest BCUT2D eigenvalue weighted by atomic mass is 10.0. The molecule has 0 saturated carbocycles. The molecular weight excluding hydrogens is 637 g/mol. The van der Waals surface area contributed by atoms with E-state index >= 15 is 0 Å². The molecule has 0 fully saturated rings. The summed E-state index contributed by atoms with van der Waals surface area (Å²) in [5, 5.41) is 2.86. The maximum absolute atomic E-state index is 11.9. The Morgan fingerprint density at radius 3 is 1.28 bits per heavy atom. The molecule has 0 rings (SSSR count). The fourth-order valence-corrected chi connectivity index (χ4v) is 7.64. The van der Waals surface area contributed by atoms with Gasteiger partial charge in [-0.1, -0.05) is 206 Å². The molecule has 0 aromatic heterocycles. The van der Waals surface area contributed by atoms with Gasteiger partial charge < -0.3 is 20.5 Å². The zero-order valence-corrected chi connectivity index (χ0v) is 34.9. The SMILES string of the molecule is CCCCCCCCCCCCCCCCCCOCC(CSCCC(=O)NCCN)OCCCCCCCCCCCCCCCCCC. The Morgan fingerprint density at radius 1 is 0.540 bits per heavy atom. The minimum absolute atomic E-state index is 0.0910. The average molecular weight is 727 g/mol. The van der Waals surface area contributed by atoms with Crippen molar-refractivity contribution >= 4 is 17.7 Å². The summed E-state index contributed by atoms with van der Waals surface area (Å²) >= 11 is 1.81. The monoisotopic (exact) mass is 727 g/mol. The summed E-state index contributed by atoms with van der Waals surface area (Å²) < 4.78 is 12.4. The molecule has 0 saturated heterocycles. The van der Waals surface area contributed by atoms with Crippen LogP contribution >= 0.6 is 11.8 Å². The van der Waals surface area contributed by atoms with Crippen molar-refractivity contribution in [3.8, 4) is 0 Å². The van der Waals surface area contributed by atoms with E-state index in [0.717, 1.165) is 37.6 Å². The molecule has 1 amide bonds. The highest BCUT2D eigenvalue weighted by atomic mass is 32.2. The highest BCUT2D eigenvalue weighted by Crippen LogP contribution is 2.16. The van der Waals surface area contributed by atoms with Crippen molar-refractivity contribution in [2.24, 2.45) is 5.73 Å². The number of rotatable bonds is 44. The van der Waals surface area contributed by atoms with Crippen LogP contribution in [0.4, 0.5) is 0 Å². The summed E-state index contributed by atoms with van der Waals surface area (Å²) in [6.07, 6.45) is 45.1. The molecule has 5 nitrogen and oxygen atoms in total. The van der Waals surface area contributed by atoms with Gasteiger partial charge >= 0.3 is 0 Å². The maximum Gasteiger partial charge on any atom is 0.220 e. The fraction of sp³-hybridized carbons (Fsp3) is 0.977. The first-order chi connectivity index (χ1) is 24.7. The highest BCUT2D eigenvalue weighted by Gasteiger charge is 2.11. The molecule has 50 heavy (non-hydrogen) atoms. The summed E-state index contributed by atoms with van der Waals surface area (Å²) in [5.41, 5.74) is 5.50. The standard InChI is InChI=1S/C44H90N2O3S/c1-3-5-7-9-11-13-15-17-19-21-23-25-27-29-31-33-38-48-41-43(42-50-40-35-44(47)46-37-36-45)49-39-34-32-30-28-26-24-22-20-18-16-14-12-10-8-6-4-2/h43H,3-42,45H2,1-2H3,(H,46,47). The van der Waals surface area contributed by atoms with E-state index in [1.54, 1.807) is 11.8 Å². The Hall–Kier alpha value is -0.300. The number of ether oxygens (including phenoxy) is 2. The molecule has 0 aliphatic heterocycles. The van der Waals surface area contributed by atoms with Crippen LogP contribution in [0.25, 0.3) is 0 Å². The Labute approximate surface area is 318 Å². The molecule has 0 aliphatic carbocycles. The number of thioether (sulfide) groups is 1. The Bertz CT molecular complexity index is 638. The summed E-state index contributed by atoms with van der Waals surface area (Å²) in [6, 6.07) is 0. The van der Waals surface area contributed by atoms with Crippen LogP contribution in [-0.4, -0.2) is 56.4 Å². The van der Waals surface area contributed by atoms with Crippen molar-refractivity contribution in [1.29, 1.82) is 0 Å². The Morgan fingerprint density at radius 2 is 0.900 bits per heavy atom. The van der Waals surface area contributed by atoms with Gasteiger partial charge in [0.25, 0.3) is 0 Å². The molecule has 0 radical (unpaired) electrons. The van der Waals surface area contributed by atoms with E-state index in [1.807, 2.05) is 0 Å². The molecule has 0 heterocycles. The Kier molecular flexibility index (Phi) is 44.6. The van der Waals surface area contributed by atoms with Crippen molar-refractivity contribution in [2.75, 3.05) is 44.4 Å². The quantitative estimate of drug-likeness (QED) is 0.0612. The molecule has 300 valence electrons. The first-order valence-electron chi connectivity index (χ1n) is 22.5. The lowest BCUT2D eigenvalue weighted by molar-refractivity contribution is -0.120. The van der Waals surface area contributed by atoms with Gasteiger partial charge in [0.1, 0.15) is 0 Å². The minimum atomic E-state index is 0.0910. The fourth-order valence-electron chi connectivity index (χ4n) is 6.69. The zero-order chi connectivity index (χ0) is 36.3. The first-order valence-corrected chi connectivity index (χ1v) is 23.6. The van der Waals surface area contributed by atoms with Crippen molar-refractivity contribution < 1.29 is 14.3 Å². The predicted molar refractivity (Wildman–Crippen MR) is 224 cm³/mol. The van der Waals surface area contributed by atoms with E-state index < -0.39 is 0 Å². The van der Waals surface area contributed by atoms with Crippen LogP contribution in [0.3, 0.4) is 0 Å². The number of carbonyl (C=O) groups excluding carboxylic acids is 1. The summed E-state index contributed by atoms with van der Waals surface area (Å²) in [7, 11) is 0. The molecular formula is C44H90N2O3S. The van der Waals surface area contributed by atoms with Crippen LogP contribution in [0.15, 0.2) is 0 Å². The van der Waals surface area contributed by atoms with Gasteiger partial charge in [0, 0.05) is 44.2 Å². The van der Waals surface area contributed by atoms with Gasteiger partial charge in [0.15, 0.2) is 0 Å². The maximum atomic E-state index is 11.9. The van der Waals surface area contributed by atoms with E-state index in [-0.39, 0.29) is 12.0 Å². The number of amides is 1. The van der Waals surface area contributed by atoms with Gasteiger partial charge in [0.05, 0.1) is 12.7 Å². The van der Waals surface area contributed by atoms with E-state index in [9.17, 15) is 4.79 Å². The number of unbranched alkanes of at least 4 members (excludes halogenated alkanes) is 30. The largest absolute Gasteiger partial charge is 0.379 e. The molecule has 0 spiro atoms. The van der Waals surface area contributed by atoms with Crippen LogP contribution in [0.5, 0.6) is 0 Å². The molecule has 1 unspecified atom stereocenters. The molecule has 0 bridgehead atoms. The third-order valence-corrected chi connectivity index (χ3v) is 11.1. The third kappa shape index (κ3) is 42.1. The van der Waals surface area contributed by atoms with Gasteiger partial charge in [-0.3, -0.25) is 4.79 Å². The van der Waals surface area contributed by atoms with Gasteiger partial charge in [-0.15, -0.1) is 0 Å². The lowest BCUT2D eigenvalue weighted by Crippen LogP contribution is -2.29. The first kappa shape index (κ1) is 49.7. The van der Waals surface area contributed by atoms with Crippen molar-refractivity contribution in [2.45, 2.75) is 232 Å². The number of nitrogens with two attached hydrogens (primary N) is 1. The van der Waals surface area contributed by atoms with Crippen LogP contribution in [-0.2, 0) is 14.3 Å². The number of hydrogen-bond acceptors (Lipinski definition) is 5. The van der Waals surface area contributed by atoms with Crippen molar-refractivity contribution in [3.05, 3.63) is 0 Å². The number of hydrogen-bond donors (Lipinski definition) is 2. The molecule has 3 N–H and O–H groups in total. The second kappa shape index (κ2) is 44.9. The van der Waals surface area contributed by atoms with E-state index in [1.165, 1.54) is 193 Å². The predicted octanol–water partition coefficient (Wildman–Crippen LogP) is 13.1. The molecule has 0 aromatic rings.